The number of rotatable bonds is 2. The molecule has 0 radical (unpaired) electrons. The zero-order chi connectivity index (χ0) is 14.3. The Balaban J connectivity index is 1.45. The van der Waals surface area contributed by atoms with Crippen LogP contribution in [0.15, 0.2) is 22.6 Å². The molecule has 1 saturated heterocycles. The van der Waals surface area contributed by atoms with Crippen molar-refractivity contribution in [2.75, 3.05) is 18.8 Å². The normalized spacial score (nSPS) is 22.3. The molecule has 0 amide bonds. The maximum atomic E-state index is 5.95. The molecule has 0 bridgehead atoms. The van der Waals surface area contributed by atoms with Crippen molar-refractivity contribution < 1.29 is 4.42 Å². The Bertz CT molecular complexity index is 633. The van der Waals surface area contributed by atoms with Crippen LogP contribution in [0.5, 0.6) is 0 Å². The van der Waals surface area contributed by atoms with Crippen molar-refractivity contribution in [1.29, 1.82) is 0 Å². The average Bonchev–Trinajstić information content (AvgIpc) is 3.10. The highest BCUT2D eigenvalue weighted by Crippen LogP contribution is 2.46. The van der Waals surface area contributed by atoms with Crippen LogP contribution in [0.25, 0.3) is 11.1 Å². The van der Waals surface area contributed by atoms with Gasteiger partial charge in [-0.25, -0.2) is 4.98 Å². The molecule has 0 unspecified atom stereocenters. The van der Waals surface area contributed by atoms with Gasteiger partial charge in [-0.15, -0.1) is 0 Å². The highest BCUT2D eigenvalue weighted by molar-refractivity contribution is 5.85. The van der Waals surface area contributed by atoms with Crippen LogP contribution < -0.4 is 5.73 Å². The SMILES string of the molecule is Nc1cccc2oc(CN3CCC4(CCCC4)CC3)nc12. The number of anilines is 1. The molecule has 0 atom stereocenters. The van der Waals surface area contributed by atoms with Gasteiger partial charge in [0.05, 0.1) is 12.2 Å². The summed E-state index contributed by atoms with van der Waals surface area (Å²) in [5.74, 6) is 0.797. The van der Waals surface area contributed by atoms with Crippen LogP contribution in [0.1, 0.15) is 44.4 Å². The summed E-state index contributed by atoms with van der Waals surface area (Å²) in [5, 5.41) is 0. The third-order valence-electron chi connectivity index (χ3n) is 5.43. The molecule has 2 aliphatic rings. The summed E-state index contributed by atoms with van der Waals surface area (Å²) in [5.41, 5.74) is 8.92. The first-order valence-corrected chi connectivity index (χ1v) is 8.10. The smallest absolute Gasteiger partial charge is 0.209 e. The molecule has 1 spiro atoms. The number of hydrogen-bond donors (Lipinski definition) is 1. The van der Waals surface area contributed by atoms with Crippen molar-refractivity contribution in [2.45, 2.75) is 45.1 Å². The van der Waals surface area contributed by atoms with E-state index in [1.807, 2.05) is 18.2 Å². The Morgan fingerprint density at radius 3 is 2.62 bits per heavy atom. The van der Waals surface area contributed by atoms with E-state index in [0.29, 0.717) is 11.1 Å². The standard InChI is InChI=1S/C17H23N3O/c18-13-4-3-5-14-16(13)19-15(21-14)12-20-10-8-17(9-11-20)6-1-2-7-17/h3-5H,1-2,6-12,18H2. The first-order chi connectivity index (χ1) is 10.2. The molecule has 1 aromatic heterocycles. The second kappa shape index (κ2) is 5.02. The lowest BCUT2D eigenvalue weighted by atomic mass is 9.77. The third-order valence-corrected chi connectivity index (χ3v) is 5.43. The number of hydrogen-bond acceptors (Lipinski definition) is 4. The quantitative estimate of drug-likeness (QED) is 0.857. The zero-order valence-electron chi connectivity index (χ0n) is 12.5. The maximum absolute atomic E-state index is 5.95. The molecular weight excluding hydrogens is 262 g/mol. The van der Waals surface area contributed by atoms with E-state index in [2.05, 4.69) is 9.88 Å². The molecule has 1 aliphatic heterocycles. The topological polar surface area (TPSA) is 55.3 Å². The van der Waals surface area contributed by atoms with E-state index in [9.17, 15) is 0 Å². The van der Waals surface area contributed by atoms with Crippen LogP contribution in [0.3, 0.4) is 0 Å². The van der Waals surface area contributed by atoms with Crippen molar-refractivity contribution >= 4 is 16.8 Å². The number of nitrogen functional groups attached to an aromatic ring is 1. The van der Waals surface area contributed by atoms with Crippen LogP contribution in [0.4, 0.5) is 5.69 Å². The van der Waals surface area contributed by atoms with E-state index in [1.54, 1.807) is 0 Å². The summed E-state index contributed by atoms with van der Waals surface area (Å²) < 4.78 is 5.84. The predicted molar refractivity (Wildman–Crippen MR) is 83.8 cm³/mol. The minimum absolute atomic E-state index is 0.669. The predicted octanol–water partition coefficient (Wildman–Crippen LogP) is 3.57. The van der Waals surface area contributed by atoms with Gasteiger partial charge in [0.25, 0.3) is 0 Å². The molecule has 2 N–H and O–H groups in total. The molecule has 21 heavy (non-hydrogen) atoms. The second-order valence-corrected chi connectivity index (χ2v) is 6.78. The number of fused-ring (bicyclic) bond motifs is 1. The highest BCUT2D eigenvalue weighted by Gasteiger charge is 2.36. The van der Waals surface area contributed by atoms with E-state index >= 15 is 0 Å². The Labute approximate surface area is 125 Å². The first-order valence-electron chi connectivity index (χ1n) is 8.10. The number of benzene rings is 1. The van der Waals surface area contributed by atoms with Crippen molar-refractivity contribution in [3.8, 4) is 0 Å². The number of para-hydroxylation sites is 1. The molecule has 112 valence electrons. The first kappa shape index (κ1) is 13.1. The fraction of sp³-hybridized carbons (Fsp3) is 0.588. The van der Waals surface area contributed by atoms with Gasteiger partial charge in [0, 0.05) is 0 Å². The lowest BCUT2D eigenvalue weighted by Gasteiger charge is -2.38. The number of nitrogens with two attached hydrogens (primary N) is 1. The fourth-order valence-electron chi connectivity index (χ4n) is 4.09. The van der Waals surface area contributed by atoms with Crippen molar-refractivity contribution in [1.82, 2.24) is 9.88 Å². The summed E-state index contributed by atoms with van der Waals surface area (Å²) >= 11 is 0. The van der Waals surface area contributed by atoms with E-state index in [-0.39, 0.29) is 0 Å². The fourth-order valence-corrected chi connectivity index (χ4v) is 4.09. The van der Waals surface area contributed by atoms with E-state index < -0.39 is 0 Å². The number of likely N-dealkylation sites (tertiary alicyclic amines) is 1. The van der Waals surface area contributed by atoms with E-state index in [4.69, 9.17) is 10.2 Å². The van der Waals surface area contributed by atoms with Crippen LogP contribution in [-0.4, -0.2) is 23.0 Å². The molecule has 1 aliphatic carbocycles. The monoisotopic (exact) mass is 285 g/mol. The van der Waals surface area contributed by atoms with Gasteiger partial charge in [-0.1, -0.05) is 18.9 Å². The molecule has 4 rings (SSSR count). The molecule has 2 fully saturated rings. The van der Waals surface area contributed by atoms with E-state index in [0.717, 1.165) is 23.5 Å². The summed E-state index contributed by atoms with van der Waals surface area (Å²) in [6.07, 6.45) is 8.44. The number of aromatic nitrogens is 1. The van der Waals surface area contributed by atoms with Gasteiger partial charge >= 0.3 is 0 Å². The van der Waals surface area contributed by atoms with Gasteiger partial charge in [0.2, 0.25) is 5.89 Å². The minimum Gasteiger partial charge on any atom is -0.439 e. The highest BCUT2D eigenvalue weighted by atomic mass is 16.3. The number of nitrogens with zero attached hydrogens (tertiary/aromatic N) is 2. The Kier molecular flexibility index (Phi) is 3.14. The number of oxazole rings is 1. The molecule has 4 nitrogen and oxygen atoms in total. The van der Waals surface area contributed by atoms with Crippen LogP contribution in [0, 0.1) is 5.41 Å². The van der Waals surface area contributed by atoms with Gasteiger partial charge in [0.15, 0.2) is 5.58 Å². The average molecular weight is 285 g/mol. The Morgan fingerprint density at radius 2 is 1.90 bits per heavy atom. The maximum Gasteiger partial charge on any atom is 0.209 e. The van der Waals surface area contributed by atoms with Gasteiger partial charge < -0.3 is 10.2 Å². The molecule has 1 saturated carbocycles. The number of piperidine rings is 1. The van der Waals surface area contributed by atoms with Gasteiger partial charge in [-0.05, 0) is 56.3 Å². The van der Waals surface area contributed by atoms with Crippen molar-refractivity contribution in [2.24, 2.45) is 5.41 Å². The molecule has 4 heteroatoms. The largest absolute Gasteiger partial charge is 0.439 e. The van der Waals surface area contributed by atoms with Gasteiger partial charge in [0.1, 0.15) is 5.52 Å². The van der Waals surface area contributed by atoms with Crippen LogP contribution >= 0.6 is 0 Å². The summed E-state index contributed by atoms with van der Waals surface area (Å²) in [4.78, 5) is 7.04. The zero-order valence-corrected chi connectivity index (χ0v) is 12.5. The minimum atomic E-state index is 0.669. The van der Waals surface area contributed by atoms with Gasteiger partial charge in [-0.3, -0.25) is 4.90 Å². The van der Waals surface area contributed by atoms with Crippen molar-refractivity contribution in [3.63, 3.8) is 0 Å². The van der Waals surface area contributed by atoms with Crippen LogP contribution in [0.2, 0.25) is 0 Å². The lowest BCUT2D eigenvalue weighted by Crippen LogP contribution is -2.38. The molecular formula is C17H23N3O. The van der Waals surface area contributed by atoms with Crippen LogP contribution in [-0.2, 0) is 6.54 Å². The Morgan fingerprint density at radius 1 is 1.14 bits per heavy atom. The summed E-state index contributed by atoms with van der Waals surface area (Å²) in [6.45, 7) is 3.16. The second-order valence-electron chi connectivity index (χ2n) is 6.78. The lowest BCUT2D eigenvalue weighted by molar-refractivity contribution is 0.0973. The summed E-state index contributed by atoms with van der Waals surface area (Å²) in [6, 6.07) is 5.72. The van der Waals surface area contributed by atoms with E-state index in [1.165, 1.54) is 51.6 Å². The van der Waals surface area contributed by atoms with Crippen molar-refractivity contribution in [3.05, 3.63) is 24.1 Å². The third kappa shape index (κ3) is 2.42. The Hall–Kier alpha value is -1.55. The molecule has 1 aromatic carbocycles. The summed E-state index contributed by atoms with van der Waals surface area (Å²) in [7, 11) is 0. The molecule has 2 aromatic rings. The molecule has 2 heterocycles. The van der Waals surface area contributed by atoms with Gasteiger partial charge in [-0.2, -0.15) is 0 Å².